The van der Waals surface area contributed by atoms with Crippen molar-refractivity contribution in [3.63, 3.8) is 0 Å². The van der Waals surface area contributed by atoms with Crippen molar-refractivity contribution < 1.29 is 9.18 Å². The summed E-state index contributed by atoms with van der Waals surface area (Å²) in [5.41, 5.74) is 1.06. The number of nitrogens with one attached hydrogen (secondary N) is 1. The van der Waals surface area contributed by atoms with Gasteiger partial charge in [-0.1, -0.05) is 18.2 Å². The standard InChI is InChI=1S/C22H29FN2OS/c1-25(2)22(18-5-3-6-19(23)13-18)17-10-8-16(9-11-17)15-24-21(26)14-20-7-4-12-27-20/h3-7,12-13,16-17,22H,8-11,14-15H2,1-2H3,(H,24,26). The van der Waals surface area contributed by atoms with Crippen LogP contribution >= 0.6 is 11.3 Å². The third kappa shape index (κ3) is 5.63. The van der Waals surface area contributed by atoms with E-state index < -0.39 is 0 Å². The molecule has 0 saturated heterocycles. The summed E-state index contributed by atoms with van der Waals surface area (Å²) in [5, 5.41) is 5.11. The van der Waals surface area contributed by atoms with Gasteiger partial charge < -0.3 is 10.2 Å². The molecule has 1 fully saturated rings. The van der Waals surface area contributed by atoms with E-state index in [9.17, 15) is 9.18 Å². The van der Waals surface area contributed by atoms with Crippen molar-refractivity contribution in [2.75, 3.05) is 20.6 Å². The summed E-state index contributed by atoms with van der Waals surface area (Å²) in [6, 6.07) is 11.2. The highest BCUT2D eigenvalue weighted by molar-refractivity contribution is 7.10. The lowest BCUT2D eigenvalue weighted by molar-refractivity contribution is -0.120. The molecule has 1 amide bonds. The molecule has 1 aromatic heterocycles. The number of rotatable bonds is 7. The molecule has 1 aliphatic carbocycles. The molecule has 0 aliphatic heterocycles. The lowest BCUT2D eigenvalue weighted by atomic mass is 9.76. The van der Waals surface area contributed by atoms with Gasteiger partial charge in [0, 0.05) is 17.5 Å². The van der Waals surface area contributed by atoms with Gasteiger partial charge in [0.2, 0.25) is 5.91 Å². The largest absolute Gasteiger partial charge is 0.356 e. The van der Waals surface area contributed by atoms with Gasteiger partial charge in [0.05, 0.1) is 6.42 Å². The Bertz CT molecular complexity index is 724. The minimum Gasteiger partial charge on any atom is -0.356 e. The lowest BCUT2D eigenvalue weighted by Gasteiger charge is -2.37. The average molecular weight is 389 g/mol. The zero-order valence-corrected chi connectivity index (χ0v) is 17.0. The molecule has 1 saturated carbocycles. The van der Waals surface area contributed by atoms with Gasteiger partial charge in [0.15, 0.2) is 0 Å². The first-order chi connectivity index (χ1) is 13.0. The highest BCUT2D eigenvalue weighted by Crippen LogP contribution is 2.39. The van der Waals surface area contributed by atoms with E-state index in [1.54, 1.807) is 23.5 Å². The van der Waals surface area contributed by atoms with E-state index >= 15 is 0 Å². The van der Waals surface area contributed by atoms with Crippen molar-refractivity contribution in [2.24, 2.45) is 11.8 Å². The summed E-state index contributed by atoms with van der Waals surface area (Å²) < 4.78 is 13.7. The maximum atomic E-state index is 13.7. The van der Waals surface area contributed by atoms with Gasteiger partial charge in [0.1, 0.15) is 5.82 Å². The second-order valence-electron chi connectivity index (χ2n) is 7.80. The fourth-order valence-electron chi connectivity index (χ4n) is 4.28. The fourth-order valence-corrected chi connectivity index (χ4v) is 4.99. The minimum absolute atomic E-state index is 0.116. The van der Waals surface area contributed by atoms with Crippen LogP contribution in [0.5, 0.6) is 0 Å². The molecule has 0 bridgehead atoms. The Hall–Kier alpha value is -1.72. The van der Waals surface area contributed by atoms with E-state index in [0.29, 0.717) is 18.3 Å². The van der Waals surface area contributed by atoms with Crippen LogP contribution in [0, 0.1) is 17.7 Å². The predicted molar refractivity (Wildman–Crippen MR) is 109 cm³/mol. The van der Waals surface area contributed by atoms with E-state index in [-0.39, 0.29) is 17.8 Å². The molecule has 1 aliphatic rings. The predicted octanol–water partition coefficient (Wildman–Crippen LogP) is 4.66. The lowest BCUT2D eigenvalue weighted by Crippen LogP contribution is -2.35. The van der Waals surface area contributed by atoms with Crippen molar-refractivity contribution in [3.05, 3.63) is 58.0 Å². The Balaban J connectivity index is 1.49. The van der Waals surface area contributed by atoms with Gasteiger partial charge in [-0.3, -0.25) is 4.79 Å². The summed E-state index contributed by atoms with van der Waals surface area (Å²) in [4.78, 5) is 15.4. The first-order valence-electron chi connectivity index (χ1n) is 9.74. The van der Waals surface area contributed by atoms with E-state index in [1.807, 2.05) is 23.6 Å². The molecule has 1 aromatic carbocycles. The topological polar surface area (TPSA) is 32.3 Å². The maximum Gasteiger partial charge on any atom is 0.225 e. The van der Waals surface area contributed by atoms with Crippen molar-refractivity contribution in [1.82, 2.24) is 10.2 Å². The van der Waals surface area contributed by atoms with Gasteiger partial charge in [-0.15, -0.1) is 11.3 Å². The molecular weight excluding hydrogens is 359 g/mol. The molecule has 1 atom stereocenters. The average Bonchev–Trinajstić information content (AvgIpc) is 3.14. The smallest absolute Gasteiger partial charge is 0.225 e. The van der Waals surface area contributed by atoms with Crippen molar-refractivity contribution in [1.29, 1.82) is 0 Å². The number of thiophene rings is 1. The Morgan fingerprint density at radius 3 is 2.63 bits per heavy atom. The summed E-state index contributed by atoms with van der Waals surface area (Å²) in [6.45, 7) is 0.767. The van der Waals surface area contributed by atoms with Crippen LogP contribution in [0.1, 0.15) is 42.2 Å². The first-order valence-corrected chi connectivity index (χ1v) is 10.6. The van der Waals surface area contributed by atoms with Crippen molar-refractivity contribution in [2.45, 2.75) is 38.1 Å². The monoisotopic (exact) mass is 388 g/mol. The number of carbonyl (C=O) groups is 1. The van der Waals surface area contributed by atoms with Gasteiger partial charge in [0.25, 0.3) is 0 Å². The first kappa shape index (κ1) is 20.0. The molecule has 1 N–H and O–H groups in total. The Morgan fingerprint density at radius 1 is 1.22 bits per heavy atom. The van der Waals surface area contributed by atoms with Crippen molar-refractivity contribution in [3.8, 4) is 0 Å². The highest BCUT2D eigenvalue weighted by atomic mass is 32.1. The van der Waals surface area contributed by atoms with E-state index in [2.05, 4.69) is 24.3 Å². The van der Waals surface area contributed by atoms with Crippen LogP contribution in [-0.2, 0) is 11.2 Å². The van der Waals surface area contributed by atoms with Gasteiger partial charge >= 0.3 is 0 Å². The summed E-state index contributed by atoms with van der Waals surface area (Å²) >= 11 is 1.63. The van der Waals surface area contributed by atoms with Crippen LogP contribution in [0.15, 0.2) is 41.8 Å². The quantitative estimate of drug-likeness (QED) is 0.748. The molecule has 2 aromatic rings. The third-order valence-corrected chi connectivity index (χ3v) is 6.46. The molecule has 146 valence electrons. The van der Waals surface area contributed by atoms with Crippen LogP contribution in [0.2, 0.25) is 0 Å². The Kier molecular flexibility index (Phi) is 7.02. The number of halogens is 1. The number of benzene rings is 1. The normalized spacial score (nSPS) is 21.2. The number of hydrogen-bond acceptors (Lipinski definition) is 3. The van der Waals surface area contributed by atoms with Crippen LogP contribution < -0.4 is 5.32 Å². The highest BCUT2D eigenvalue weighted by Gasteiger charge is 2.30. The number of nitrogens with zero attached hydrogens (tertiary/aromatic N) is 1. The second kappa shape index (κ2) is 9.47. The van der Waals surface area contributed by atoms with Crippen LogP contribution in [0.3, 0.4) is 0 Å². The zero-order valence-electron chi connectivity index (χ0n) is 16.2. The van der Waals surface area contributed by atoms with Crippen LogP contribution in [0.4, 0.5) is 4.39 Å². The Labute approximate surface area is 165 Å². The SMILES string of the molecule is CN(C)C(c1cccc(F)c1)C1CCC(CNC(=O)Cc2cccs2)CC1. The molecule has 0 spiro atoms. The summed E-state index contributed by atoms with van der Waals surface area (Å²) in [5.74, 6) is 1.02. The number of amides is 1. The van der Waals surface area contributed by atoms with Crippen LogP contribution in [0.25, 0.3) is 0 Å². The number of carbonyl (C=O) groups excluding carboxylic acids is 1. The zero-order chi connectivity index (χ0) is 19.2. The molecule has 1 unspecified atom stereocenters. The van der Waals surface area contributed by atoms with Gasteiger partial charge in [-0.2, -0.15) is 0 Å². The third-order valence-electron chi connectivity index (χ3n) is 5.59. The minimum atomic E-state index is -0.165. The molecule has 3 nitrogen and oxygen atoms in total. The fraction of sp³-hybridized carbons (Fsp3) is 0.500. The summed E-state index contributed by atoms with van der Waals surface area (Å²) in [7, 11) is 4.15. The van der Waals surface area contributed by atoms with Crippen molar-refractivity contribution >= 4 is 17.2 Å². The van der Waals surface area contributed by atoms with Crippen LogP contribution in [-0.4, -0.2) is 31.4 Å². The molecule has 27 heavy (non-hydrogen) atoms. The second-order valence-corrected chi connectivity index (χ2v) is 8.84. The molecular formula is C22H29FN2OS. The Morgan fingerprint density at radius 2 is 2.00 bits per heavy atom. The van der Waals surface area contributed by atoms with E-state index in [4.69, 9.17) is 0 Å². The van der Waals surface area contributed by atoms with Gasteiger partial charge in [-0.05, 0) is 80.8 Å². The molecule has 0 radical (unpaired) electrons. The van der Waals surface area contributed by atoms with Gasteiger partial charge in [-0.25, -0.2) is 4.39 Å². The maximum absolute atomic E-state index is 13.7. The number of hydrogen-bond donors (Lipinski definition) is 1. The van der Waals surface area contributed by atoms with E-state index in [0.717, 1.165) is 42.7 Å². The molecule has 1 heterocycles. The molecule has 5 heteroatoms. The van der Waals surface area contributed by atoms with E-state index in [1.165, 1.54) is 6.07 Å². The molecule has 3 rings (SSSR count). The summed E-state index contributed by atoms with van der Waals surface area (Å²) in [6.07, 6.45) is 4.94.